The highest BCUT2D eigenvalue weighted by Gasteiger charge is 2.57. The highest BCUT2D eigenvalue weighted by Crippen LogP contribution is 2.51. The zero-order valence-electron chi connectivity index (χ0n) is 19.2. The van der Waals surface area contributed by atoms with Crippen molar-refractivity contribution in [1.29, 1.82) is 0 Å². The van der Waals surface area contributed by atoms with Gasteiger partial charge in [-0.15, -0.1) is 0 Å². The number of likely N-dealkylation sites (tertiary alicyclic amines) is 1. The van der Waals surface area contributed by atoms with Crippen molar-refractivity contribution < 1.29 is 31.9 Å². The highest BCUT2D eigenvalue weighted by atomic mass is 19.4. The number of benzene rings is 2. The fourth-order valence-corrected chi connectivity index (χ4v) is 5.45. The van der Waals surface area contributed by atoms with Crippen molar-refractivity contribution in [2.75, 3.05) is 13.1 Å². The summed E-state index contributed by atoms with van der Waals surface area (Å²) in [6.45, 7) is 0.996. The van der Waals surface area contributed by atoms with Crippen molar-refractivity contribution in [3.63, 3.8) is 0 Å². The lowest BCUT2D eigenvalue weighted by Gasteiger charge is -2.59. The second-order valence-electron chi connectivity index (χ2n) is 10.2. The summed E-state index contributed by atoms with van der Waals surface area (Å²) >= 11 is 0. The van der Waals surface area contributed by atoms with Gasteiger partial charge in [0.2, 0.25) is 5.91 Å². The Morgan fingerprint density at radius 2 is 1.81 bits per heavy atom. The summed E-state index contributed by atoms with van der Waals surface area (Å²) in [5.41, 5.74) is -0.554. The van der Waals surface area contributed by atoms with Gasteiger partial charge in [0.05, 0.1) is 35.4 Å². The van der Waals surface area contributed by atoms with Crippen molar-refractivity contribution in [3.8, 4) is 5.75 Å². The summed E-state index contributed by atoms with van der Waals surface area (Å²) in [5.74, 6) is -0.737. The van der Waals surface area contributed by atoms with E-state index in [0.29, 0.717) is 31.5 Å². The van der Waals surface area contributed by atoms with Crippen LogP contribution in [-0.2, 0) is 11.0 Å². The van der Waals surface area contributed by atoms with Crippen molar-refractivity contribution in [3.05, 3.63) is 65.0 Å². The summed E-state index contributed by atoms with van der Waals surface area (Å²) < 4.78 is 59.7. The van der Waals surface area contributed by atoms with Gasteiger partial charge in [-0.3, -0.25) is 9.59 Å². The predicted octanol–water partition coefficient (Wildman–Crippen LogP) is 4.63. The zero-order chi connectivity index (χ0) is 25.2. The van der Waals surface area contributed by atoms with Gasteiger partial charge in [-0.1, -0.05) is 18.2 Å². The number of carbonyl (C=O) groups excluding carboxylic acids is 2. The Balaban J connectivity index is 1.10. The van der Waals surface area contributed by atoms with Crippen LogP contribution < -0.4 is 4.74 Å². The third kappa shape index (κ3) is 4.02. The van der Waals surface area contributed by atoms with E-state index in [4.69, 9.17) is 4.74 Å². The number of amides is 2. The Kier molecular flexibility index (Phi) is 5.14. The molecule has 2 aromatic rings. The first-order valence-corrected chi connectivity index (χ1v) is 11.9. The molecule has 2 amide bonds. The van der Waals surface area contributed by atoms with Crippen LogP contribution in [0.15, 0.2) is 47.6 Å². The lowest BCUT2D eigenvalue weighted by Crippen LogP contribution is -2.67. The molecule has 1 saturated heterocycles. The minimum absolute atomic E-state index is 0.0278. The molecule has 6 nitrogen and oxygen atoms in total. The van der Waals surface area contributed by atoms with Crippen LogP contribution in [-0.4, -0.2) is 52.7 Å². The topological polar surface area (TPSA) is 62.2 Å². The van der Waals surface area contributed by atoms with Crippen LogP contribution in [0.2, 0.25) is 0 Å². The van der Waals surface area contributed by atoms with Crippen LogP contribution in [0.25, 0.3) is 0 Å². The van der Waals surface area contributed by atoms with Crippen LogP contribution in [0.3, 0.4) is 0 Å². The van der Waals surface area contributed by atoms with Crippen molar-refractivity contribution in [2.24, 2.45) is 10.5 Å². The Morgan fingerprint density at radius 3 is 2.50 bits per heavy atom. The number of hydrazone groups is 1. The smallest absolute Gasteiger partial charge is 0.417 e. The number of hydrogen-bond donors (Lipinski definition) is 0. The summed E-state index contributed by atoms with van der Waals surface area (Å²) in [6.07, 6.45) is -1.66. The van der Waals surface area contributed by atoms with Gasteiger partial charge in [0, 0.05) is 30.1 Å². The molecule has 2 heterocycles. The first-order chi connectivity index (χ1) is 17.1. The molecule has 3 fully saturated rings. The van der Waals surface area contributed by atoms with Crippen molar-refractivity contribution >= 4 is 17.5 Å². The predicted molar refractivity (Wildman–Crippen MR) is 121 cm³/mol. The normalized spacial score (nSPS) is 21.3. The van der Waals surface area contributed by atoms with Gasteiger partial charge in [-0.25, -0.2) is 9.40 Å². The van der Waals surface area contributed by atoms with Gasteiger partial charge in [0.15, 0.2) is 0 Å². The van der Waals surface area contributed by atoms with E-state index >= 15 is 0 Å². The molecular weight excluding hydrogens is 478 g/mol. The van der Waals surface area contributed by atoms with Gasteiger partial charge in [-0.05, 0) is 43.9 Å². The molecule has 0 bridgehead atoms. The Bertz CT molecular complexity index is 1270. The molecular formula is C26H23F4N3O3. The Hall–Kier alpha value is -3.43. The lowest BCUT2D eigenvalue weighted by atomic mass is 9.60. The van der Waals surface area contributed by atoms with Gasteiger partial charge >= 0.3 is 6.18 Å². The molecule has 0 unspecified atom stereocenters. The van der Waals surface area contributed by atoms with E-state index in [1.807, 2.05) is 0 Å². The van der Waals surface area contributed by atoms with Gasteiger partial charge < -0.3 is 9.64 Å². The van der Waals surface area contributed by atoms with Crippen molar-refractivity contribution in [1.82, 2.24) is 9.91 Å². The molecule has 6 rings (SSSR count). The quantitative estimate of drug-likeness (QED) is 0.562. The number of alkyl halides is 3. The number of carbonyl (C=O) groups is 2. The summed E-state index contributed by atoms with van der Waals surface area (Å²) in [7, 11) is 0. The fourth-order valence-electron chi connectivity index (χ4n) is 5.45. The van der Waals surface area contributed by atoms with E-state index in [2.05, 4.69) is 5.10 Å². The second kappa shape index (κ2) is 8.04. The molecule has 1 spiro atoms. The molecule has 2 saturated carbocycles. The first kappa shape index (κ1) is 23.0. The highest BCUT2D eigenvalue weighted by molar-refractivity contribution is 6.14. The number of nitrogens with zero attached hydrogens (tertiary/aromatic N) is 3. The van der Waals surface area contributed by atoms with Gasteiger partial charge in [0.25, 0.3) is 5.91 Å². The molecule has 0 aromatic heterocycles. The van der Waals surface area contributed by atoms with E-state index in [1.165, 1.54) is 41.4 Å². The van der Waals surface area contributed by atoms with Crippen LogP contribution >= 0.6 is 0 Å². The van der Waals surface area contributed by atoms with Crippen molar-refractivity contribution in [2.45, 2.75) is 50.4 Å². The molecule has 4 aliphatic rings. The van der Waals surface area contributed by atoms with Gasteiger partial charge in [0.1, 0.15) is 11.6 Å². The third-order valence-electron chi connectivity index (χ3n) is 7.36. The third-order valence-corrected chi connectivity index (χ3v) is 7.36. The minimum atomic E-state index is -4.54. The van der Waals surface area contributed by atoms with E-state index in [1.54, 1.807) is 4.90 Å². The number of halogens is 4. The zero-order valence-corrected chi connectivity index (χ0v) is 19.2. The van der Waals surface area contributed by atoms with Crippen LogP contribution in [0.5, 0.6) is 5.75 Å². The average Bonchev–Trinajstić information content (AvgIpc) is 3.51. The monoisotopic (exact) mass is 501 g/mol. The molecule has 0 atom stereocenters. The number of hydrogen-bond acceptors (Lipinski definition) is 4. The summed E-state index contributed by atoms with van der Waals surface area (Å²) in [5, 5.41) is 5.60. The van der Waals surface area contributed by atoms with Crippen LogP contribution in [0.1, 0.15) is 53.6 Å². The molecule has 2 aliphatic carbocycles. The molecule has 188 valence electrons. The number of rotatable bonds is 5. The van der Waals surface area contributed by atoms with Crippen LogP contribution in [0.4, 0.5) is 17.6 Å². The SMILES string of the molecule is O=C(c1ccc(F)cc1OC1CC1)N1CC2(CC(N3N=C(c4ccccc4C(F)(F)F)CC3=O)C2)C1. The maximum atomic E-state index is 13.7. The molecule has 0 N–H and O–H groups in total. The summed E-state index contributed by atoms with van der Waals surface area (Å²) in [4.78, 5) is 27.3. The van der Waals surface area contributed by atoms with E-state index in [0.717, 1.165) is 18.9 Å². The lowest BCUT2D eigenvalue weighted by molar-refractivity contribution is -0.142. The van der Waals surface area contributed by atoms with Crippen LogP contribution in [0, 0.1) is 11.2 Å². The molecule has 10 heteroatoms. The standard InChI is InChI=1S/C26H23F4N3O3/c27-15-5-8-19(22(9-15)36-17-6-7-17)24(35)32-13-25(14-32)11-16(12-25)33-23(34)10-21(31-33)18-3-1-2-4-20(18)26(28,29)30/h1-5,8-9,16-17H,6-7,10-14H2. The molecule has 0 radical (unpaired) electrons. The molecule has 36 heavy (non-hydrogen) atoms. The molecule has 2 aromatic carbocycles. The van der Waals surface area contributed by atoms with Gasteiger partial charge in [-0.2, -0.15) is 18.3 Å². The minimum Gasteiger partial charge on any atom is -0.489 e. The second-order valence-corrected chi connectivity index (χ2v) is 10.2. The first-order valence-electron chi connectivity index (χ1n) is 11.9. The fraction of sp³-hybridized carbons (Fsp3) is 0.423. The Morgan fingerprint density at radius 1 is 1.08 bits per heavy atom. The maximum Gasteiger partial charge on any atom is 0.417 e. The van der Waals surface area contributed by atoms with E-state index in [9.17, 15) is 27.2 Å². The maximum absolute atomic E-state index is 13.7. The summed E-state index contributed by atoms with van der Waals surface area (Å²) in [6, 6.07) is 8.87. The largest absolute Gasteiger partial charge is 0.489 e. The molecule has 2 aliphatic heterocycles. The average molecular weight is 501 g/mol. The Labute approximate surface area is 204 Å². The number of ether oxygens (including phenoxy) is 1. The van der Waals surface area contributed by atoms with E-state index < -0.39 is 17.6 Å². The van der Waals surface area contributed by atoms with E-state index in [-0.39, 0.29) is 52.8 Å².